The van der Waals surface area contributed by atoms with E-state index in [-0.39, 0.29) is 12.3 Å². The molecule has 0 aliphatic heterocycles. The minimum atomic E-state index is -4.40. The second-order valence-corrected chi connectivity index (χ2v) is 5.10. The summed E-state index contributed by atoms with van der Waals surface area (Å²) < 4.78 is 41.2. The Morgan fingerprint density at radius 3 is 2.75 bits per heavy atom. The molecule has 0 radical (unpaired) electrons. The predicted octanol–water partition coefficient (Wildman–Crippen LogP) is 2.72. The molecule has 0 aliphatic rings. The Morgan fingerprint density at radius 1 is 1.42 bits per heavy atom. The lowest BCUT2D eigenvalue weighted by molar-refractivity contribution is -0.153. The lowest BCUT2D eigenvalue weighted by atomic mass is 10.2. The number of halogens is 3. The fraction of sp³-hybridized carbons (Fsp3) is 0.357. The number of aromatic amines is 1. The van der Waals surface area contributed by atoms with Crippen molar-refractivity contribution in [1.82, 2.24) is 20.1 Å². The average molecular weight is 343 g/mol. The number of aromatic nitrogens is 3. The van der Waals surface area contributed by atoms with E-state index >= 15 is 0 Å². The maximum atomic E-state index is 12.2. The summed E-state index contributed by atoms with van der Waals surface area (Å²) in [7, 11) is 1.57. The molecule has 0 saturated heterocycles. The van der Waals surface area contributed by atoms with Crippen LogP contribution in [-0.4, -0.2) is 45.9 Å². The molecule has 0 bridgehead atoms. The summed E-state index contributed by atoms with van der Waals surface area (Å²) in [6, 6.07) is 3.99. The Kier molecular flexibility index (Phi) is 5.27. The van der Waals surface area contributed by atoms with Crippen molar-refractivity contribution >= 4 is 11.7 Å². The molecule has 7 nitrogen and oxygen atoms in total. The van der Waals surface area contributed by atoms with Gasteiger partial charge in [-0.1, -0.05) is 0 Å². The Hall–Kier alpha value is -2.78. The number of carbonyl (C=O) groups excluding carboxylic acids is 1. The lowest BCUT2D eigenvalue weighted by Crippen LogP contribution is -2.31. The molecule has 2 rings (SSSR count). The average Bonchev–Trinajstić information content (AvgIpc) is 2.98. The van der Waals surface area contributed by atoms with Gasteiger partial charge in [-0.15, -0.1) is 0 Å². The number of benzene rings is 1. The van der Waals surface area contributed by atoms with E-state index < -0.39 is 18.8 Å². The van der Waals surface area contributed by atoms with Crippen LogP contribution in [0.1, 0.15) is 11.4 Å². The number of H-pyrrole nitrogens is 1. The van der Waals surface area contributed by atoms with Crippen LogP contribution in [0.2, 0.25) is 0 Å². The minimum Gasteiger partial charge on any atom is -0.484 e. The first-order chi connectivity index (χ1) is 11.2. The smallest absolute Gasteiger partial charge is 0.422 e. The highest BCUT2D eigenvalue weighted by Crippen LogP contribution is 2.24. The van der Waals surface area contributed by atoms with Gasteiger partial charge >= 0.3 is 12.2 Å². The molecule has 130 valence electrons. The highest BCUT2D eigenvalue weighted by atomic mass is 19.4. The van der Waals surface area contributed by atoms with Crippen molar-refractivity contribution in [1.29, 1.82) is 0 Å². The van der Waals surface area contributed by atoms with Gasteiger partial charge in [0.2, 0.25) is 0 Å². The third-order valence-electron chi connectivity index (χ3n) is 3.02. The molecule has 2 aromatic rings. The van der Waals surface area contributed by atoms with Crippen molar-refractivity contribution < 1.29 is 22.7 Å². The molecular weight excluding hydrogens is 327 g/mol. The lowest BCUT2D eigenvalue weighted by Gasteiger charge is -2.17. The van der Waals surface area contributed by atoms with Gasteiger partial charge in [-0.2, -0.15) is 18.3 Å². The van der Waals surface area contributed by atoms with Crippen LogP contribution >= 0.6 is 0 Å². The third-order valence-corrected chi connectivity index (χ3v) is 3.02. The Bertz CT molecular complexity index is 688. The van der Waals surface area contributed by atoms with Gasteiger partial charge in [-0.05, 0) is 30.7 Å². The molecular formula is C14H16F3N5O2. The predicted molar refractivity (Wildman–Crippen MR) is 79.6 cm³/mol. The number of urea groups is 1. The quantitative estimate of drug-likeness (QED) is 0.874. The molecule has 0 fully saturated rings. The molecule has 1 heterocycles. The molecule has 1 aromatic heterocycles. The number of nitrogens with zero attached hydrogens (tertiary/aromatic N) is 3. The summed E-state index contributed by atoms with van der Waals surface area (Å²) >= 11 is 0. The largest absolute Gasteiger partial charge is 0.484 e. The van der Waals surface area contributed by atoms with Crippen molar-refractivity contribution in [3.8, 4) is 5.75 Å². The van der Waals surface area contributed by atoms with Gasteiger partial charge in [0.1, 0.15) is 17.9 Å². The Labute approximate surface area is 135 Å². The number of ether oxygens (including phenoxy) is 1. The summed E-state index contributed by atoms with van der Waals surface area (Å²) in [5, 5.41) is 8.97. The van der Waals surface area contributed by atoms with E-state index in [1.807, 2.05) is 0 Å². The summed E-state index contributed by atoms with van der Waals surface area (Å²) in [5.74, 6) is 0.639. The van der Waals surface area contributed by atoms with Crippen molar-refractivity contribution in [2.24, 2.45) is 0 Å². The monoisotopic (exact) mass is 343 g/mol. The summed E-state index contributed by atoms with van der Waals surface area (Å²) in [5.41, 5.74) is 0.927. The molecule has 24 heavy (non-hydrogen) atoms. The van der Waals surface area contributed by atoms with Gasteiger partial charge in [-0.25, -0.2) is 9.78 Å². The number of rotatable bonds is 5. The molecule has 1 aromatic carbocycles. The minimum absolute atomic E-state index is 0.111. The van der Waals surface area contributed by atoms with E-state index in [1.54, 1.807) is 14.0 Å². The second-order valence-electron chi connectivity index (χ2n) is 5.10. The van der Waals surface area contributed by atoms with Crippen molar-refractivity contribution in [2.75, 3.05) is 19.0 Å². The van der Waals surface area contributed by atoms with Gasteiger partial charge in [0.25, 0.3) is 0 Å². The van der Waals surface area contributed by atoms with Gasteiger partial charge in [0.05, 0.1) is 6.54 Å². The standard InChI is InChI=1S/C14H16F3N5O2/c1-9-5-10(3-4-11(9)24-7-14(15,16)17)20-13(23)22(2)6-12-18-8-19-21-12/h3-5,8H,6-7H2,1-2H3,(H,20,23)(H,18,19,21). The van der Waals surface area contributed by atoms with Crippen molar-refractivity contribution in [3.05, 3.63) is 35.9 Å². The van der Waals surface area contributed by atoms with Crippen LogP contribution in [0, 0.1) is 6.92 Å². The number of carbonyl (C=O) groups is 1. The number of anilines is 1. The summed E-state index contributed by atoms with van der Waals surface area (Å²) in [6.45, 7) is 0.469. The van der Waals surface area contributed by atoms with Gasteiger partial charge < -0.3 is 15.0 Å². The van der Waals surface area contributed by atoms with E-state index in [4.69, 9.17) is 4.74 Å². The van der Waals surface area contributed by atoms with Gasteiger partial charge in [0, 0.05) is 12.7 Å². The van der Waals surface area contributed by atoms with Gasteiger partial charge in [-0.3, -0.25) is 5.10 Å². The molecule has 0 spiro atoms. The van der Waals surface area contributed by atoms with Gasteiger partial charge in [0.15, 0.2) is 6.61 Å². The van der Waals surface area contributed by atoms with Crippen LogP contribution in [0.15, 0.2) is 24.5 Å². The van der Waals surface area contributed by atoms with Crippen LogP contribution in [0.3, 0.4) is 0 Å². The molecule has 2 N–H and O–H groups in total. The molecule has 0 aliphatic carbocycles. The molecule has 10 heteroatoms. The van der Waals surface area contributed by atoms with Crippen LogP contribution < -0.4 is 10.1 Å². The van der Waals surface area contributed by atoms with Crippen LogP contribution in [0.5, 0.6) is 5.75 Å². The van der Waals surface area contributed by atoms with E-state index in [0.29, 0.717) is 17.1 Å². The normalized spacial score (nSPS) is 11.2. The SMILES string of the molecule is Cc1cc(NC(=O)N(C)Cc2ncn[nH]2)ccc1OCC(F)(F)F. The first-order valence-corrected chi connectivity index (χ1v) is 6.91. The highest BCUT2D eigenvalue weighted by Gasteiger charge is 2.28. The zero-order valence-corrected chi connectivity index (χ0v) is 13.0. The van der Waals surface area contributed by atoms with Crippen LogP contribution in [-0.2, 0) is 6.54 Å². The fourth-order valence-corrected chi connectivity index (χ4v) is 1.87. The molecule has 0 saturated carbocycles. The fourth-order valence-electron chi connectivity index (χ4n) is 1.87. The van der Waals surface area contributed by atoms with E-state index in [1.165, 1.54) is 29.4 Å². The molecule has 0 atom stereocenters. The molecule has 0 unspecified atom stereocenters. The second kappa shape index (κ2) is 7.20. The zero-order valence-electron chi connectivity index (χ0n) is 13.0. The number of alkyl halides is 3. The topological polar surface area (TPSA) is 83.1 Å². The number of hydrogen-bond acceptors (Lipinski definition) is 4. The number of hydrogen-bond donors (Lipinski definition) is 2. The number of nitrogens with one attached hydrogen (secondary N) is 2. The van der Waals surface area contributed by atoms with E-state index in [0.717, 1.165) is 0 Å². The van der Waals surface area contributed by atoms with E-state index in [2.05, 4.69) is 20.5 Å². The zero-order chi connectivity index (χ0) is 17.7. The van der Waals surface area contributed by atoms with Crippen LogP contribution in [0.4, 0.5) is 23.7 Å². The van der Waals surface area contributed by atoms with E-state index in [9.17, 15) is 18.0 Å². The maximum Gasteiger partial charge on any atom is 0.422 e. The number of amides is 2. The Morgan fingerprint density at radius 2 is 2.17 bits per heavy atom. The van der Waals surface area contributed by atoms with Crippen molar-refractivity contribution in [2.45, 2.75) is 19.6 Å². The maximum absolute atomic E-state index is 12.2. The summed E-state index contributed by atoms with van der Waals surface area (Å²) in [6.07, 6.45) is -3.06. The van der Waals surface area contributed by atoms with Crippen molar-refractivity contribution in [3.63, 3.8) is 0 Å². The number of aryl methyl sites for hydroxylation is 1. The Balaban J connectivity index is 1.94. The first-order valence-electron chi connectivity index (χ1n) is 6.91. The molecule has 2 amide bonds. The summed E-state index contributed by atoms with van der Waals surface area (Å²) in [4.78, 5) is 17.4. The van der Waals surface area contributed by atoms with Crippen LogP contribution in [0.25, 0.3) is 0 Å². The highest BCUT2D eigenvalue weighted by molar-refractivity contribution is 5.89. The third kappa shape index (κ3) is 5.14. The first kappa shape index (κ1) is 17.6.